The molecule has 4 rings (SSSR count). The maximum Gasteiger partial charge on any atom is 1.00 e. The van der Waals surface area contributed by atoms with E-state index in [9.17, 15) is 12.9 Å². The van der Waals surface area contributed by atoms with Crippen LogP contribution < -0.4 is 56.8 Å². The molecule has 0 aromatic heterocycles. The summed E-state index contributed by atoms with van der Waals surface area (Å²) in [6.07, 6.45) is 0. The van der Waals surface area contributed by atoms with Gasteiger partial charge in [0, 0.05) is 0 Å². The van der Waals surface area contributed by atoms with Crippen molar-refractivity contribution in [2.75, 3.05) is 0 Å². The van der Waals surface area contributed by atoms with Gasteiger partial charge in [-0.25, -0.2) is 0 Å². The van der Waals surface area contributed by atoms with Gasteiger partial charge in [0.15, 0.2) is 0 Å². The molecule has 4 aromatic rings. The summed E-state index contributed by atoms with van der Waals surface area (Å²) in [7, 11) is 0. The first-order valence-corrected chi connectivity index (χ1v) is 6.42. The van der Waals surface area contributed by atoms with Gasteiger partial charge in [-0.3, -0.25) is 0 Å². The summed E-state index contributed by atoms with van der Waals surface area (Å²) >= 11 is 0. The predicted octanol–water partition coefficient (Wildman–Crippen LogP) is 1.64. The number of rotatable bonds is 1. The molecule has 4 aromatic carbocycles. The maximum atomic E-state index is 13.2. The molecule has 0 nitrogen and oxygen atoms in total. The molecule has 0 fully saturated rings. The molecule has 21 heavy (non-hydrogen) atoms. The van der Waals surface area contributed by atoms with E-state index in [2.05, 4.69) is 0 Å². The second-order valence-corrected chi connectivity index (χ2v) is 5.09. The van der Waals surface area contributed by atoms with Gasteiger partial charge in [0.25, 0.3) is 0 Å². The Bertz CT molecular complexity index is 931. The Kier molecular flexibility index (Phi) is 3.83. The monoisotopic (exact) mass is 308 g/mol. The Morgan fingerprint density at radius 3 is 1.76 bits per heavy atom. The van der Waals surface area contributed by atoms with E-state index in [1.807, 2.05) is 30.3 Å². The van der Waals surface area contributed by atoms with Crippen molar-refractivity contribution in [3.8, 4) is 0 Å². The van der Waals surface area contributed by atoms with Crippen LogP contribution >= 0.6 is 0 Å². The second-order valence-electron chi connectivity index (χ2n) is 5.09. The Balaban J connectivity index is 0.00000132. The van der Waals surface area contributed by atoms with Crippen molar-refractivity contribution < 1.29 is 64.3 Å². The summed E-state index contributed by atoms with van der Waals surface area (Å²) < 4.78 is 39.6. The van der Waals surface area contributed by atoms with Crippen LogP contribution in [-0.4, -0.2) is 6.98 Å². The third-order valence-corrected chi connectivity index (χ3v) is 3.92. The minimum absolute atomic E-state index is 0. The van der Waals surface area contributed by atoms with Crippen LogP contribution in [0.2, 0.25) is 0 Å². The van der Waals surface area contributed by atoms with E-state index in [-0.39, 0.29) is 51.4 Å². The molecule has 0 unspecified atom stereocenters. The van der Waals surface area contributed by atoms with E-state index in [0.717, 1.165) is 26.9 Å². The molecule has 0 aliphatic heterocycles. The molecule has 0 aliphatic carbocycles. The Hall–Kier alpha value is -0.589. The van der Waals surface area contributed by atoms with Gasteiger partial charge in [0.1, 0.15) is 0 Å². The van der Waals surface area contributed by atoms with Crippen molar-refractivity contribution in [1.82, 2.24) is 0 Å². The van der Waals surface area contributed by atoms with Gasteiger partial charge in [-0.2, -0.15) is 0 Å². The van der Waals surface area contributed by atoms with Gasteiger partial charge in [-0.15, -0.1) is 5.46 Å². The average Bonchev–Trinajstić information content (AvgIpc) is 2.43. The van der Waals surface area contributed by atoms with Crippen LogP contribution in [0, 0.1) is 0 Å². The third-order valence-electron chi connectivity index (χ3n) is 3.92. The SMILES string of the molecule is F[B-](F)(F)c1ccc2ccc3cccc4ccc1c2c34.[K+]. The van der Waals surface area contributed by atoms with Gasteiger partial charge in [-0.1, -0.05) is 54.6 Å². The van der Waals surface area contributed by atoms with E-state index >= 15 is 0 Å². The van der Waals surface area contributed by atoms with Crippen molar-refractivity contribution in [2.45, 2.75) is 0 Å². The Morgan fingerprint density at radius 2 is 1.14 bits per heavy atom. The molecule has 0 bridgehead atoms. The summed E-state index contributed by atoms with van der Waals surface area (Å²) in [6, 6.07) is 15.8. The first-order valence-electron chi connectivity index (χ1n) is 6.42. The first kappa shape index (κ1) is 15.3. The van der Waals surface area contributed by atoms with Crippen LogP contribution in [0.1, 0.15) is 0 Å². The summed E-state index contributed by atoms with van der Waals surface area (Å²) in [6.45, 7) is -5.00. The molecule has 0 aliphatic rings. The van der Waals surface area contributed by atoms with Crippen molar-refractivity contribution in [3.05, 3.63) is 54.6 Å². The molecule has 0 spiro atoms. The zero-order valence-corrected chi connectivity index (χ0v) is 14.5. The smallest absolute Gasteiger partial charge is 0.445 e. The summed E-state index contributed by atoms with van der Waals surface area (Å²) in [5, 5.41) is 4.76. The van der Waals surface area contributed by atoms with Gasteiger partial charge < -0.3 is 12.9 Å². The van der Waals surface area contributed by atoms with Crippen LogP contribution in [0.3, 0.4) is 0 Å². The molecule has 0 heterocycles. The number of hydrogen-bond acceptors (Lipinski definition) is 0. The van der Waals surface area contributed by atoms with Crippen LogP contribution in [0.4, 0.5) is 12.9 Å². The summed E-state index contributed by atoms with van der Waals surface area (Å²) in [5.41, 5.74) is -0.504. The van der Waals surface area contributed by atoms with E-state index in [1.165, 1.54) is 6.07 Å². The van der Waals surface area contributed by atoms with E-state index in [1.54, 1.807) is 18.2 Å². The zero-order valence-electron chi connectivity index (χ0n) is 11.4. The predicted molar refractivity (Wildman–Crippen MR) is 78.9 cm³/mol. The first-order chi connectivity index (χ1) is 9.55. The van der Waals surface area contributed by atoms with Gasteiger partial charge in [0.05, 0.1) is 0 Å². The van der Waals surface area contributed by atoms with Crippen LogP contribution in [-0.2, 0) is 0 Å². The molecule has 0 atom stereocenters. The average molecular weight is 308 g/mol. The van der Waals surface area contributed by atoms with E-state index in [4.69, 9.17) is 0 Å². The van der Waals surface area contributed by atoms with Crippen LogP contribution in [0.25, 0.3) is 32.3 Å². The van der Waals surface area contributed by atoms with E-state index in [0.29, 0.717) is 5.39 Å². The molecular weight excluding hydrogens is 299 g/mol. The fraction of sp³-hybridized carbons (Fsp3) is 0. The number of benzene rings is 4. The van der Waals surface area contributed by atoms with Gasteiger partial charge >= 0.3 is 58.4 Å². The molecule has 5 heteroatoms. The molecule has 0 saturated carbocycles. The van der Waals surface area contributed by atoms with E-state index < -0.39 is 12.4 Å². The standard InChI is InChI=1S/C16H9BF3.K/c18-17(19,20)14-9-7-12-5-4-10-2-1-3-11-6-8-13(14)16(12)15(10)11;/h1-9H;/q-1;+1. The fourth-order valence-corrected chi connectivity index (χ4v) is 3.04. The molecule has 98 valence electrons. The molecule has 0 N–H and O–H groups in total. The van der Waals surface area contributed by atoms with Gasteiger partial charge in [-0.05, 0) is 32.3 Å². The van der Waals surface area contributed by atoms with Crippen molar-refractivity contribution in [1.29, 1.82) is 0 Å². The molecule has 0 radical (unpaired) electrons. The largest absolute Gasteiger partial charge is 1.00 e. The minimum Gasteiger partial charge on any atom is -0.445 e. The fourth-order valence-electron chi connectivity index (χ4n) is 3.04. The summed E-state index contributed by atoms with van der Waals surface area (Å²) in [5.74, 6) is 0. The zero-order chi connectivity index (χ0) is 13.9. The Morgan fingerprint density at radius 1 is 0.619 bits per heavy atom. The molecule has 0 saturated heterocycles. The number of halogens is 3. The summed E-state index contributed by atoms with van der Waals surface area (Å²) in [4.78, 5) is 0. The van der Waals surface area contributed by atoms with Crippen molar-refractivity contribution in [3.63, 3.8) is 0 Å². The third kappa shape index (κ3) is 2.32. The number of hydrogen-bond donors (Lipinski definition) is 0. The Labute approximate surface area is 162 Å². The van der Waals surface area contributed by atoms with Gasteiger partial charge in [0.2, 0.25) is 0 Å². The second kappa shape index (κ2) is 5.25. The van der Waals surface area contributed by atoms with Crippen LogP contribution in [0.5, 0.6) is 0 Å². The molecular formula is C16H9BF3K. The van der Waals surface area contributed by atoms with Crippen molar-refractivity contribution in [2.24, 2.45) is 0 Å². The maximum absolute atomic E-state index is 13.2. The van der Waals surface area contributed by atoms with Crippen molar-refractivity contribution >= 4 is 44.8 Å². The normalized spacial score (nSPS) is 12.1. The minimum atomic E-state index is -5.00. The quantitative estimate of drug-likeness (QED) is 0.370. The molecule has 0 amide bonds. The topological polar surface area (TPSA) is 0 Å². The van der Waals surface area contributed by atoms with Crippen LogP contribution in [0.15, 0.2) is 54.6 Å².